The Morgan fingerprint density at radius 1 is 1.17 bits per heavy atom. The smallest absolute Gasteiger partial charge is 0.221 e. The molecular weight excluding hydrogens is 226 g/mol. The van der Waals surface area contributed by atoms with Crippen LogP contribution in [0.2, 0.25) is 0 Å². The molecule has 0 aromatic carbocycles. The summed E-state index contributed by atoms with van der Waals surface area (Å²) < 4.78 is 0. The molecule has 1 amide bonds. The summed E-state index contributed by atoms with van der Waals surface area (Å²) in [6, 6.07) is 1.26. The zero-order valence-corrected chi connectivity index (χ0v) is 11.8. The third kappa shape index (κ3) is 3.23. The topological polar surface area (TPSA) is 49.6 Å². The Morgan fingerprint density at radius 2 is 1.89 bits per heavy atom. The predicted octanol–water partition coefficient (Wildman–Crippen LogP) is 1.06. The number of nitrogens with zero attached hydrogens (tertiary/aromatic N) is 2. The molecule has 2 atom stereocenters. The van der Waals surface area contributed by atoms with Crippen molar-refractivity contribution in [1.29, 1.82) is 0 Å². The SMILES string of the molecule is CC(C)N1CCCC(N2CCCC(C(N)=O)C2)C1. The summed E-state index contributed by atoms with van der Waals surface area (Å²) in [5.41, 5.74) is 5.46. The summed E-state index contributed by atoms with van der Waals surface area (Å²) in [6.45, 7) is 8.94. The van der Waals surface area contributed by atoms with E-state index in [1.807, 2.05) is 0 Å². The van der Waals surface area contributed by atoms with Crippen molar-refractivity contribution in [3.05, 3.63) is 0 Å². The highest BCUT2D eigenvalue weighted by molar-refractivity contribution is 5.76. The maximum absolute atomic E-state index is 11.3. The van der Waals surface area contributed by atoms with Crippen LogP contribution in [0.15, 0.2) is 0 Å². The van der Waals surface area contributed by atoms with Crippen LogP contribution in [0.5, 0.6) is 0 Å². The predicted molar refractivity (Wildman–Crippen MR) is 73.2 cm³/mol. The molecule has 0 aliphatic carbocycles. The van der Waals surface area contributed by atoms with Crippen LogP contribution in [0, 0.1) is 5.92 Å². The van der Waals surface area contributed by atoms with Crippen molar-refractivity contribution >= 4 is 5.91 Å². The maximum atomic E-state index is 11.3. The number of carbonyl (C=O) groups is 1. The molecule has 0 aromatic rings. The van der Waals surface area contributed by atoms with E-state index in [0.717, 1.165) is 32.5 Å². The van der Waals surface area contributed by atoms with Gasteiger partial charge in [-0.25, -0.2) is 0 Å². The number of hydrogen-bond acceptors (Lipinski definition) is 3. The van der Waals surface area contributed by atoms with E-state index in [1.165, 1.54) is 19.4 Å². The standard InChI is InChI=1S/C14H27N3O/c1-11(2)16-7-4-6-13(10-16)17-8-3-5-12(9-17)14(15)18/h11-13H,3-10H2,1-2H3,(H2,15,18). The Labute approximate surface area is 110 Å². The lowest BCUT2D eigenvalue weighted by atomic mass is 9.93. The third-order valence-electron chi connectivity index (χ3n) is 4.53. The first-order valence-electron chi connectivity index (χ1n) is 7.35. The van der Waals surface area contributed by atoms with Gasteiger partial charge in [-0.05, 0) is 52.6 Å². The van der Waals surface area contributed by atoms with Crippen LogP contribution in [0.1, 0.15) is 39.5 Å². The summed E-state index contributed by atoms with van der Waals surface area (Å²) >= 11 is 0. The minimum atomic E-state index is -0.115. The fourth-order valence-corrected chi connectivity index (χ4v) is 3.32. The normalized spacial score (nSPS) is 31.7. The second-order valence-corrected chi connectivity index (χ2v) is 6.12. The van der Waals surface area contributed by atoms with Crippen LogP contribution >= 0.6 is 0 Å². The van der Waals surface area contributed by atoms with Crippen LogP contribution < -0.4 is 5.73 Å². The second-order valence-electron chi connectivity index (χ2n) is 6.12. The molecule has 0 saturated carbocycles. The molecule has 0 aromatic heterocycles. The van der Waals surface area contributed by atoms with Gasteiger partial charge in [0.15, 0.2) is 0 Å². The van der Waals surface area contributed by atoms with E-state index < -0.39 is 0 Å². The molecule has 2 saturated heterocycles. The van der Waals surface area contributed by atoms with Crippen LogP contribution in [0.3, 0.4) is 0 Å². The Balaban J connectivity index is 1.92. The molecule has 2 rings (SSSR count). The van der Waals surface area contributed by atoms with Crippen LogP contribution in [0.25, 0.3) is 0 Å². The summed E-state index contributed by atoms with van der Waals surface area (Å²) in [5.74, 6) is -0.0376. The van der Waals surface area contributed by atoms with Gasteiger partial charge in [-0.3, -0.25) is 14.6 Å². The number of primary amides is 1. The highest BCUT2D eigenvalue weighted by Crippen LogP contribution is 2.23. The third-order valence-corrected chi connectivity index (χ3v) is 4.53. The first-order valence-corrected chi connectivity index (χ1v) is 7.35. The van der Waals surface area contributed by atoms with Gasteiger partial charge in [-0.2, -0.15) is 0 Å². The van der Waals surface area contributed by atoms with Gasteiger partial charge in [0.1, 0.15) is 0 Å². The number of likely N-dealkylation sites (tertiary alicyclic amines) is 2. The van der Waals surface area contributed by atoms with Crippen molar-refractivity contribution in [2.45, 2.75) is 51.6 Å². The Morgan fingerprint density at radius 3 is 2.56 bits per heavy atom. The maximum Gasteiger partial charge on any atom is 0.221 e. The van der Waals surface area contributed by atoms with E-state index in [2.05, 4.69) is 23.6 Å². The number of nitrogens with two attached hydrogens (primary N) is 1. The number of piperidine rings is 2. The molecule has 2 heterocycles. The average molecular weight is 253 g/mol. The molecule has 18 heavy (non-hydrogen) atoms. The molecule has 0 bridgehead atoms. The number of rotatable bonds is 3. The Hall–Kier alpha value is -0.610. The van der Waals surface area contributed by atoms with Gasteiger partial charge in [-0.1, -0.05) is 0 Å². The minimum Gasteiger partial charge on any atom is -0.369 e. The van der Waals surface area contributed by atoms with E-state index in [1.54, 1.807) is 0 Å². The van der Waals surface area contributed by atoms with Gasteiger partial charge in [0, 0.05) is 25.2 Å². The summed E-state index contributed by atoms with van der Waals surface area (Å²) in [5, 5.41) is 0. The molecular formula is C14H27N3O. The number of carbonyl (C=O) groups excluding carboxylic acids is 1. The van der Waals surface area contributed by atoms with Gasteiger partial charge in [0.05, 0.1) is 5.92 Å². The molecule has 2 aliphatic heterocycles. The fourth-order valence-electron chi connectivity index (χ4n) is 3.32. The molecule has 2 unspecified atom stereocenters. The van der Waals surface area contributed by atoms with E-state index >= 15 is 0 Å². The zero-order valence-electron chi connectivity index (χ0n) is 11.8. The fraction of sp³-hybridized carbons (Fsp3) is 0.929. The van der Waals surface area contributed by atoms with Gasteiger partial charge < -0.3 is 5.73 Å². The number of hydrogen-bond donors (Lipinski definition) is 1. The van der Waals surface area contributed by atoms with Gasteiger partial charge >= 0.3 is 0 Å². The molecule has 2 fully saturated rings. The first-order chi connectivity index (χ1) is 8.58. The zero-order chi connectivity index (χ0) is 13.1. The Kier molecular flexibility index (Phi) is 4.62. The number of amides is 1. The van der Waals surface area contributed by atoms with Crippen LogP contribution in [0.4, 0.5) is 0 Å². The Bertz CT molecular complexity index is 293. The van der Waals surface area contributed by atoms with Crippen molar-refractivity contribution in [2.24, 2.45) is 11.7 Å². The van der Waals surface area contributed by atoms with Crippen molar-refractivity contribution in [3.63, 3.8) is 0 Å². The van der Waals surface area contributed by atoms with E-state index in [9.17, 15) is 4.79 Å². The monoisotopic (exact) mass is 253 g/mol. The largest absolute Gasteiger partial charge is 0.369 e. The van der Waals surface area contributed by atoms with Crippen molar-refractivity contribution in [2.75, 3.05) is 26.2 Å². The minimum absolute atomic E-state index is 0.0770. The van der Waals surface area contributed by atoms with E-state index in [4.69, 9.17) is 5.73 Å². The van der Waals surface area contributed by atoms with E-state index in [0.29, 0.717) is 12.1 Å². The molecule has 4 heteroatoms. The van der Waals surface area contributed by atoms with Crippen molar-refractivity contribution in [3.8, 4) is 0 Å². The lowest BCUT2D eigenvalue weighted by Gasteiger charge is -2.43. The highest BCUT2D eigenvalue weighted by Gasteiger charge is 2.31. The van der Waals surface area contributed by atoms with Crippen molar-refractivity contribution < 1.29 is 4.79 Å². The molecule has 0 radical (unpaired) electrons. The molecule has 2 aliphatic rings. The highest BCUT2D eigenvalue weighted by atomic mass is 16.1. The molecule has 104 valence electrons. The molecule has 0 spiro atoms. The second kappa shape index (κ2) is 6.02. The summed E-state index contributed by atoms with van der Waals surface area (Å²) in [4.78, 5) is 16.4. The summed E-state index contributed by atoms with van der Waals surface area (Å²) in [6.07, 6.45) is 4.65. The molecule has 4 nitrogen and oxygen atoms in total. The average Bonchev–Trinajstić information content (AvgIpc) is 2.39. The first kappa shape index (κ1) is 13.8. The van der Waals surface area contributed by atoms with Crippen molar-refractivity contribution in [1.82, 2.24) is 9.80 Å². The van der Waals surface area contributed by atoms with Gasteiger partial charge in [0.25, 0.3) is 0 Å². The molecule has 2 N–H and O–H groups in total. The quantitative estimate of drug-likeness (QED) is 0.818. The van der Waals surface area contributed by atoms with Gasteiger partial charge in [0.2, 0.25) is 5.91 Å². The lowest BCUT2D eigenvalue weighted by Crippen LogP contribution is -2.53. The van der Waals surface area contributed by atoms with E-state index in [-0.39, 0.29) is 11.8 Å². The lowest BCUT2D eigenvalue weighted by molar-refractivity contribution is -0.124. The summed E-state index contributed by atoms with van der Waals surface area (Å²) in [7, 11) is 0. The van der Waals surface area contributed by atoms with Crippen LogP contribution in [-0.4, -0.2) is 54.0 Å². The van der Waals surface area contributed by atoms with Gasteiger partial charge in [-0.15, -0.1) is 0 Å². The van der Waals surface area contributed by atoms with Crippen LogP contribution in [-0.2, 0) is 4.79 Å².